The van der Waals surface area contributed by atoms with Crippen molar-refractivity contribution in [3.63, 3.8) is 0 Å². The van der Waals surface area contributed by atoms with Crippen molar-refractivity contribution in [3.8, 4) is 0 Å². The van der Waals surface area contributed by atoms with Gasteiger partial charge in [-0.15, -0.1) is 22.9 Å². The number of ether oxygens (including phenoxy) is 1. The first-order chi connectivity index (χ1) is 14.4. The fraction of sp³-hybridized carbons (Fsp3) is 0.478. The Balaban J connectivity index is 2.12. The summed E-state index contributed by atoms with van der Waals surface area (Å²) in [6.07, 6.45) is 0.666. The molecule has 0 bridgehead atoms. The monoisotopic (exact) mass is 450 g/mol. The van der Waals surface area contributed by atoms with E-state index in [0.717, 1.165) is 10.4 Å². The first-order valence-electron chi connectivity index (χ1n) is 10.3. The predicted octanol–water partition coefficient (Wildman–Crippen LogP) is 4.47. The highest BCUT2D eigenvalue weighted by molar-refractivity contribution is 7.11. The van der Waals surface area contributed by atoms with Gasteiger partial charge in [0, 0.05) is 36.1 Å². The summed E-state index contributed by atoms with van der Waals surface area (Å²) in [6, 6.07) is 14.0. The van der Waals surface area contributed by atoms with Gasteiger partial charge in [-0.1, -0.05) is 30.3 Å². The Morgan fingerprint density at radius 2 is 1.83 bits per heavy atom. The Kier molecular flexibility index (Phi) is 10.3. The molecule has 2 rings (SSSR count). The van der Waals surface area contributed by atoms with E-state index in [1.165, 1.54) is 4.88 Å². The molecule has 1 aromatic heterocycles. The minimum Gasteiger partial charge on any atom is -0.382 e. The van der Waals surface area contributed by atoms with E-state index in [9.17, 15) is 9.59 Å². The lowest BCUT2D eigenvalue weighted by molar-refractivity contribution is -0.141. The number of nitrogens with zero attached hydrogens (tertiary/aromatic N) is 2. The molecule has 0 saturated heterocycles. The van der Waals surface area contributed by atoms with E-state index < -0.39 is 5.38 Å². The maximum absolute atomic E-state index is 13.2. The SMILES string of the molecule is CCOCCCN(CC(=O)N(Cc1ccccc1)Cc1ccc(C)s1)C(=O)C(C)Cl. The largest absolute Gasteiger partial charge is 0.382 e. The maximum atomic E-state index is 13.2. The lowest BCUT2D eigenvalue weighted by Crippen LogP contribution is -2.45. The van der Waals surface area contributed by atoms with Gasteiger partial charge < -0.3 is 14.5 Å². The summed E-state index contributed by atoms with van der Waals surface area (Å²) in [4.78, 5) is 31.5. The van der Waals surface area contributed by atoms with Gasteiger partial charge in [-0.05, 0) is 44.9 Å². The summed E-state index contributed by atoms with van der Waals surface area (Å²) in [5, 5.41) is -0.674. The fourth-order valence-corrected chi connectivity index (χ4v) is 4.12. The molecule has 1 unspecified atom stereocenters. The summed E-state index contributed by atoms with van der Waals surface area (Å²) < 4.78 is 5.37. The zero-order valence-corrected chi connectivity index (χ0v) is 19.5. The van der Waals surface area contributed by atoms with E-state index in [2.05, 4.69) is 19.1 Å². The highest BCUT2D eigenvalue weighted by atomic mass is 35.5. The lowest BCUT2D eigenvalue weighted by atomic mass is 10.2. The standard InChI is InChI=1S/C23H31ClN2O3S/c1-4-29-14-8-13-25(23(28)19(3)24)17-22(27)26(15-20-9-6-5-7-10-20)16-21-12-11-18(2)30-21/h5-7,9-12,19H,4,8,13-17H2,1-3H3. The van der Waals surface area contributed by atoms with Crippen molar-refractivity contribution >= 4 is 34.8 Å². The Morgan fingerprint density at radius 1 is 1.10 bits per heavy atom. The van der Waals surface area contributed by atoms with E-state index in [0.29, 0.717) is 39.3 Å². The van der Waals surface area contributed by atoms with E-state index in [4.69, 9.17) is 16.3 Å². The van der Waals surface area contributed by atoms with Crippen molar-refractivity contribution in [2.75, 3.05) is 26.3 Å². The van der Waals surface area contributed by atoms with Crippen molar-refractivity contribution < 1.29 is 14.3 Å². The zero-order chi connectivity index (χ0) is 21.9. The first-order valence-corrected chi connectivity index (χ1v) is 11.5. The number of carbonyl (C=O) groups is 2. The molecule has 0 aliphatic carbocycles. The van der Waals surface area contributed by atoms with Gasteiger partial charge in [-0.3, -0.25) is 9.59 Å². The van der Waals surface area contributed by atoms with Crippen LogP contribution in [0.3, 0.4) is 0 Å². The molecule has 0 saturated carbocycles. The molecule has 0 N–H and O–H groups in total. The second-order valence-electron chi connectivity index (χ2n) is 7.17. The van der Waals surface area contributed by atoms with E-state index in [-0.39, 0.29) is 18.4 Å². The van der Waals surface area contributed by atoms with Crippen molar-refractivity contribution in [1.82, 2.24) is 9.80 Å². The summed E-state index contributed by atoms with van der Waals surface area (Å²) in [7, 11) is 0. The minimum absolute atomic E-state index is 0.0131. The van der Waals surface area contributed by atoms with Crippen LogP contribution in [0, 0.1) is 6.92 Å². The Morgan fingerprint density at radius 3 is 2.43 bits per heavy atom. The Labute approximate surface area is 188 Å². The van der Waals surface area contributed by atoms with Crippen LogP contribution in [0.4, 0.5) is 0 Å². The van der Waals surface area contributed by atoms with E-state index in [1.54, 1.807) is 23.2 Å². The van der Waals surface area contributed by atoms with Crippen molar-refractivity contribution in [1.29, 1.82) is 0 Å². The number of hydrogen-bond donors (Lipinski definition) is 0. The molecule has 2 amide bonds. The average molecular weight is 451 g/mol. The molecule has 1 atom stereocenters. The minimum atomic E-state index is -0.674. The van der Waals surface area contributed by atoms with Crippen LogP contribution in [0.2, 0.25) is 0 Å². The number of carbonyl (C=O) groups excluding carboxylic acids is 2. The van der Waals surface area contributed by atoms with Crippen molar-refractivity contribution in [3.05, 3.63) is 57.8 Å². The molecule has 30 heavy (non-hydrogen) atoms. The summed E-state index contributed by atoms with van der Waals surface area (Å²) in [6.45, 7) is 8.27. The second kappa shape index (κ2) is 12.7. The summed E-state index contributed by atoms with van der Waals surface area (Å²) in [5.41, 5.74) is 1.05. The molecule has 0 aliphatic heterocycles. The Bertz CT molecular complexity index is 795. The summed E-state index contributed by atoms with van der Waals surface area (Å²) >= 11 is 7.72. The molecule has 1 heterocycles. The van der Waals surface area contributed by atoms with Gasteiger partial charge in [0.05, 0.1) is 13.1 Å². The molecule has 164 valence electrons. The molecule has 1 aromatic carbocycles. The van der Waals surface area contributed by atoms with Crippen LogP contribution in [-0.4, -0.2) is 53.3 Å². The number of thiophene rings is 1. The fourth-order valence-electron chi connectivity index (χ4n) is 3.08. The third-order valence-corrected chi connectivity index (χ3v) is 5.78. The van der Waals surface area contributed by atoms with Crippen LogP contribution >= 0.6 is 22.9 Å². The van der Waals surface area contributed by atoms with Crippen LogP contribution < -0.4 is 0 Å². The lowest BCUT2D eigenvalue weighted by Gasteiger charge is -2.28. The van der Waals surface area contributed by atoms with Gasteiger partial charge in [0.15, 0.2) is 0 Å². The second-order valence-corrected chi connectivity index (χ2v) is 9.20. The highest BCUT2D eigenvalue weighted by Gasteiger charge is 2.24. The quantitative estimate of drug-likeness (QED) is 0.354. The average Bonchev–Trinajstić information content (AvgIpc) is 3.14. The van der Waals surface area contributed by atoms with Crippen LogP contribution in [0.15, 0.2) is 42.5 Å². The van der Waals surface area contributed by atoms with Crippen LogP contribution in [-0.2, 0) is 27.4 Å². The van der Waals surface area contributed by atoms with Gasteiger partial charge in [0.25, 0.3) is 0 Å². The number of amides is 2. The van der Waals surface area contributed by atoms with Crippen molar-refractivity contribution in [2.24, 2.45) is 0 Å². The van der Waals surface area contributed by atoms with Crippen LogP contribution in [0.5, 0.6) is 0 Å². The number of hydrogen-bond acceptors (Lipinski definition) is 4. The van der Waals surface area contributed by atoms with Gasteiger partial charge in [-0.2, -0.15) is 0 Å². The maximum Gasteiger partial charge on any atom is 0.242 e. The van der Waals surface area contributed by atoms with Gasteiger partial charge in [-0.25, -0.2) is 0 Å². The number of rotatable bonds is 12. The molecule has 0 radical (unpaired) electrons. The van der Waals surface area contributed by atoms with E-state index >= 15 is 0 Å². The Hall–Kier alpha value is -1.89. The highest BCUT2D eigenvalue weighted by Crippen LogP contribution is 2.19. The summed E-state index contributed by atoms with van der Waals surface area (Å²) in [5.74, 6) is -0.319. The third-order valence-electron chi connectivity index (χ3n) is 4.61. The molecule has 5 nitrogen and oxygen atoms in total. The molecule has 0 aliphatic rings. The molecule has 0 fully saturated rings. The third kappa shape index (κ3) is 8.09. The number of benzene rings is 1. The number of halogens is 1. The van der Waals surface area contributed by atoms with Crippen LogP contribution in [0.25, 0.3) is 0 Å². The van der Waals surface area contributed by atoms with Gasteiger partial charge in [0.2, 0.25) is 11.8 Å². The normalized spacial score (nSPS) is 11.9. The smallest absolute Gasteiger partial charge is 0.242 e. The molecule has 0 spiro atoms. The topological polar surface area (TPSA) is 49.9 Å². The molecule has 2 aromatic rings. The zero-order valence-electron chi connectivity index (χ0n) is 18.0. The molecular formula is C23H31ClN2O3S. The number of aryl methyl sites for hydroxylation is 1. The van der Waals surface area contributed by atoms with Gasteiger partial charge in [0.1, 0.15) is 5.38 Å². The molecular weight excluding hydrogens is 420 g/mol. The molecule has 7 heteroatoms. The van der Waals surface area contributed by atoms with E-state index in [1.807, 2.05) is 42.2 Å². The van der Waals surface area contributed by atoms with Crippen molar-refractivity contribution in [2.45, 2.75) is 45.7 Å². The van der Waals surface area contributed by atoms with Gasteiger partial charge >= 0.3 is 0 Å². The predicted molar refractivity (Wildman–Crippen MR) is 123 cm³/mol. The number of alkyl halides is 1. The first kappa shape index (κ1) is 24.4. The van der Waals surface area contributed by atoms with Crippen LogP contribution in [0.1, 0.15) is 35.6 Å².